The summed E-state index contributed by atoms with van der Waals surface area (Å²) < 4.78 is 5.61. The van der Waals surface area contributed by atoms with Gasteiger partial charge in [-0.2, -0.15) is 0 Å². The lowest BCUT2D eigenvalue weighted by atomic mass is 10.1. The number of hydrogen-bond donors (Lipinski definition) is 1. The summed E-state index contributed by atoms with van der Waals surface area (Å²) in [5.74, 6) is 1.26. The average Bonchev–Trinajstić information content (AvgIpc) is 2.73. The van der Waals surface area contributed by atoms with Crippen LogP contribution in [0.4, 0.5) is 0 Å². The fraction of sp³-hybridized carbons (Fsp3) is 0.636. The van der Waals surface area contributed by atoms with E-state index in [0.717, 1.165) is 31.1 Å². The van der Waals surface area contributed by atoms with Crippen molar-refractivity contribution >= 4 is 0 Å². The molecule has 4 heteroatoms. The second-order valence-corrected chi connectivity index (χ2v) is 4.05. The summed E-state index contributed by atoms with van der Waals surface area (Å²) in [5.41, 5.74) is 1.90. The molecule has 15 heavy (non-hydrogen) atoms. The van der Waals surface area contributed by atoms with Gasteiger partial charge in [-0.1, -0.05) is 0 Å². The lowest BCUT2D eigenvalue weighted by Crippen LogP contribution is -2.16. The van der Waals surface area contributed by atoms with Crippen LogP contribution in [0.15, 0.2) is 6.20 Å². The molecule has 1 saturated heterocycles. The van der Waals surface area contributed by atoms with Crippen LogP contribution in [-0.4, -0.2) is 29.7 Å². The van der Waals surface area contributed by atoms with Crippen molar-refractivity contribution in [2.24, 2.45) is 5.92 Å². The first-order valence-corrected chi connectivity index (χ1v) is 5.39. The Hall–Kier alpha value is -1.16. The minimum Gasteiger partial charge on any atom is -0.476 e. The van der Waals surface area contributed by atoms with Gasteiger partial charge in [-0.25, -0.2) is 4.98 Å². The normalized spacial score (nSPS) is 20.5. The Morgan fingerprint density at radius 2 is 2.33 bits per heavy atom. The molecule has 1 atom stereocenters. The highest BCUT2D eigenvalue weighted by molar-refractivity contribution is 5.14. The molecule has 0 aromatic carbocycles. The van der Waals surface area contributed by atoms with E-state index in [1.807, 2.05) is 13.8 Å². The van der Waals surface area contributed by atoms with Gasteiger partial charge in [0.15, 0.2) is 0 Å². The van der Waals surface area contributed by atoms with E-state index in [-0.39, 0.29) is 0 Å². The monoisotopic (exact) mass is 207 g/mol. The second-order valence-electron chi connectivity index (χ2n) is 4.05. The molecule has 1 N–H and O–H groups in total. The Morgan fingerprint density at radius 3 is 3.00 bits per heavy atom. The highest BCUT2D eigenvalue weighted by atomic mass is 16.5. The lowest BCUT2D eigenvalue weighted by Gasteiger charge is -2.10. The smallest absolute Gasteiger partial charge is 0.232 e. The van der Waals surface area contributed by atoms with Crippen LogP contribution < -0.4 is 10.1 Å². The molecule has 0 aliphatic carbocycles. The largest absolute Gasteiger partial charge is 0.476 e. The number of aryl methyl sites for hydroxylation is 2. The van der Waals surface area contributed by atoms with E-state index >= 15 is 0 Å². The number of nitrogens with zero attached hydrogens (tertiary/aromatic N) is 2. The Bertz CT molecular complexity index is 335. The first-order valence-electron chi connectivity index (χ1n) is 5.39. The van der Waals surface area contributed by atoms with Crippen LogP contribution in [0.3, 0.4) is 0 Å². The zero-order valence-electron chi connectivity index (χ0n) is 9.29. The topological polar surface area (TPSA) is 47.0 Å². The van der Waals surface area contributed by atoms with Crippen molar-refractivity contribution in [2.45, 2.75) is 20.3 Å². The lowest BCUT2D eigenvalue weighted by molar-refractivity contribution is 0.249. The maximum Gasteiger partial charge on any atom is 0.232 e. The summed E-state index contributed by atoms with van der Waals surface area (Å²) in [6, 6.07) is 0. The standard InChI is InChI=1S/C11H17N3O/c1-8-9(2)14-11(6-13-8)15-7-10-3-4-12-5-10/h6,10,12H,3-5,7H2,1-2H3. The number of nitrogens with one attached hydrogen (secondary N) is 1. The molecule has 2 heterocycles. The van der Waals surface area contributed by atoms with Gasteiger partial charge in [-0.3, -0.25) is 4.98 Å². The van der Waals surface area contributed by atoms with Gasteiger partial charge in [-0.15, -0.1) is 0 Å². The molecule has 82 valence electrons. The maximum atomic E-state index is 5.61. The maximum absolute atomic E-state index is 5.61. The molecule has 0 bridgehead atoms. The zero-order chi connectivity index (χ0) is 10.7. The first kappa shape index (κ1) is 10.4. The molecular weight excluding hydrogens is 190 g/mol. The van der Waals surface area contributed by atoms with E-state index in [9.17, 15) is 0 Å². The van der Waals surface area contributed by atoms with Crippen molar-refractivity contribution in [3.63, 3.8) is 0 Å². The van der Waals surface area contributed by atoms with E-state index in [4.69, 9.17) is 4.74 Å². The molecule has 0 spiro atoms. The van der Waals surface area contributed by atoms with Gasteiger partial charge in [0.2, 0.25) is 5.88 Å². The van der Waals surface area contributed by atoms with Crippen LogP contribution in [0.25, 0.3) is 0 Å². The predicted octanol–water partition coefficient (Wildman–Crippen LogP) is 1.08. The van der Waals surface area contributed by atoms with Crippen molar-refractivity contribution in [1.82, 2.24) is 15.3 Å². The number of hydrogen-bond acceptors (Lipinski definition) is 4. The van der Waals surface area contributed by atoms with Gasteiger partial charge < -0.3 is 10.1 Å². The summed E-state index contributed by atoms with van der Waals surface area (Å²) in [4.78, 5) is 8.55. The Balaban J connectivity index is 1.90. The van der Waals surface area contributed by atoms with Crippen LogP contribution in [-0.2, 0) is 0 Å². The zero-order valence-corrected chi connectivity index (χ0v) is 9.29. The molecule has 0 amide bonds. The first-order chi connectivity index (χ1) is 7.25. The summed E-state index contributed by atoms with van der Waals surface area (Å²) in [6.07, 6.45) is 2.89. The molecule has 0 saturated carbocycles. The molecule has 1 aliphatic rings. The molecule has 0 radical (unpaired) electrons. The Morgan fingerprint density at radius 1 is 1.47 bits per heavy atom. The van der Waals surface area contributed by atoms with Crippen LogP contribution in [0, 0.1) is 19.8 Å². The molecule has 1 unspecified atom stereocenters. The quantitative estimate of drug-likeness (QED) is 0.805. The number of ether oxygens (including phenoxy) is 1. The van der Waals surface area contributed by atoms with Gasteiger partial charge in [0.05, 0.1) is 24.2 Å². The molecule has 2 rings (SSSR count). The van der Waals surface area contributed by atoms with Gasteiger partial charge in [0.25, 0.3) is 0 Å². The summed E-state index contributed by atoms with van der Waals surface area (Å²) >= 11 is 0. The second kappa shape index (κ2) is 4.57. The van der Waals surface area contributed by atoms with Crippen LogP contribution in [0.1, 0.15) is 17.8 Å². The van der Waals surface area contributed by atoms with Crippen LogP contribution in [0.5, 0.6) is 5.88 Å². The van der Waals surface area contributed by atoms with Crippen molar-refractivity contribution in [1.29, 1.82) is 0 Å². The van der Waals surface area contributed by atoms with E-state index in [1.165, 1.54) is 6.42 Å². The van der Waals surface area contributed by atoms with Crippen molar-refractivity contribution in [2.75, 3.05) is 19.7 Å². The van der Waals surface area contributed by atoms with E-state index in [0.29, 0.717) is 11.8 Å². The SMILES string of the molecule is Cc1ncc(OCC2CCNC2)nc1C. The third-order valence-corrected chi connectivity index (χ3v) is 2.80. The summed E-state index contributed by atoms with van der Waals surface area (Å²) in [5, 5.41) is 3.31. The third-order valence-electron chi connectivity index (χ3n) is 2.80. The van der Waals surface area contributed by atoms with Crippen molar-refractivity contribution in [3.05, 3.63) is 17.6 Å². The third kappa shape index (κ3) is 2.65. The van der Waals surface area contributed by atoms with E-state index in [2.05, 4.69) is 15.3 Å². The van der Waals surface area contributed by atoms with Gasteiger partial charge in [0.1, 0.15) is 0 Å². The highest BCUT2D eigenvalue weighted by Crippen LogP contribution is 2.12. The highest BCUT2D eigenvalue weighted by Gasteiger charge is 2.15. The molecule has 4 nitrogen and oxygen atoms in total. The Labute approximate surface area is 90.1 Å². The van der Waals surface area contributed by atoms with Gasteiger partial charge in [-0.05, 0) is 26.8 Å². The fourth-order valence-electron chi connectivity index (χ4n) is 1.65. The number of rotatable bonds is 3. The minimum absolute atomic E-state index is 0.619. The molecule has 1 aromatic heterocycles. The summed E-state index contributed by atoms with van der Waals surface area (Å²) in [6.45, 7) is 6.80. The predicted molar refractivity (Wildman–Crippen MR) is 58.0 cm³/mol. The van der Waals surface area contributed by atoms with Crippen LogP contribution >= 0.6 is 0 Å². The Kier molecular flexibility index (Phi) is 3.16. The number of aromatic nitrogens is 2. The average molecular weight is 207 g/mol. The van der Waals surface area contributed by atoms with Crippen molar-refractivity contribution in [3.8, 4) is 5.88 Å². The van der Waals surface area contributed by atoms with E-state index < -0.39 is 0 Å². The summed E-state index contributed by atoms with van der Waals surface area (Å²) in [7, 11) is 0. The molecule has 1 aromatic rings. The molecule has 1 fully saturated rings. The fourth-order valence-corrected chi connectivity index (χ4v) is 1.65. The minimum atomic E-state index is 0.619. The molecular formula is C11H17N3O. The van der Waals surface area contributed by atoms with Crippen molar-refractivity contribution < 1.29 is 4.74 Å². The van der Waals surface area contributed by atoms with Gasteiger partial charge >= 0.3 is 0 Å². The van der Waals surface area contributed by atoms with E-state index in [1.54, 1.807) is 6.20 Å². The molecule has 1 aliphatic heterocycles. The van der Waals surface area contributed by atoms with Crippen LogP contribution in [0.2, 0.25) is 0 Å². The van der Waals surface area contributed by atoms with Gasteiger partial charge in [0, 0.05) is 12.5 Å².